The van der Waals surface area contributed by atoms with Crippen LogP contribution in [0.2, 0.25) is 0 Å². The highest BCUT2D eigenvalue weighted by Gasteiger charge is 2.20. The molecule has 3 heteroatoms. The Morgan fingerprint density at radius 2 is 2.19 bits per heavy atom. The predicted molar refractivity (Wildman–Crippen MR) is 89.7 cm³/mol. The fourth-order valence-corrected chi connectivity index (χ4v) is 2.62. The van der Waals surface area contributed by atoms with Gasteiger partial charge in [0.05, 0.1) is 5.52 Å². The van der Waals surface area contributed by atoms with E-state index >= 15 is 0 Å². The molecule has 1 aliphatic rings. The lowest BCUT2D eigenvalue weighted by Crippen LogP contribution is -2.24. The van der Waals surface area contributed by atoms with E-state index in [1.807, 2.05) is 6.08 Å². The summed E-state index contributed by atoms with van der Waals surface area (Å²) in [4.78, 5) is 7.07. The topological polar surface area (TPSA) is 28.2 Å². The average Bonchev–Trinajstić information content (AvgIpc) is 3.34. The molecule has 110 valence electrons. The molecule has 0 atom stereocenters. The smallest absolute Gasteiger partial charge is 0.129 e. The van der Waals surface area contributed by atoms with Crippen molar-refractivity contribution in [3.8, 4) is 0 Å². The molecule has 1 aliphatic carbocycles. The third kappa shape index (κ3) is 3.24. The van der Waals surface area contributed by atoms with E-state index in [4.69, 9.17) is 4.98 Å². The second kappa shape index (κ2) is 6.27. The maximum absolute atomic E-state index is 4.82. The Morgan fingerprint density at radius 3 is 2.90 bits per heavy atom. The highest BCUT2D eigenvalue weighted by Crippen LogP contribution is 2.25. The molecule has 1 N–H and O–H groups in total. The molecule has 2 aromatic rings. The zero-order valence-corrected chi connectivity index (χ0v) is 12.7. The molecule has 0 amide bonds. The van der Waals surface area contributed by atoms with Crippen molar-refractivity contribution >= 4 is 16.7 Å². The molecule has 1 saturated carbocycles. The van der Waals surface area contributed by atoms with E-state index < -0.39 is 0 Å². The first kappa shape index (κ1) is 14.1. The van der Waals surface area contributed by atoms with Gasteiger partial charge in [-0.05, 0) is 37.5 Å². The van der Waals surface area contributed by atoms with Gasteiger partial charge in [-0.15, -0.1) is 6.58 Å². The lowest BCUT2D eigenvalue weighted by atomic mass is 10.1. The second-order valence-electron chi connectivity index (χ2n) is 5.64. The highest BCUT2D eigenvalue weighted by molar-refractivity contribution is 5.84. The first-order valence-corrected chi connectivity index (χ1v) is 7.79. The number of rotatable bonds is 7. The van der Waals surface area contributed by atoms with Crippen molar-refractivity contribution in [1.29, 1.82) is 0 Å². The predicted octanol–water partition coefficient (Wildman–Crippen LogP) is 3.50. The Balaban J connectivity index is 1.97. The van der Waals surface area contributed by atoms with Crippen LogP contribution in [0.1, 0.15) is 25.3 Å². The van der Waals surface area contributed by atoms with Crippen molar-refractivity contribution in [2.75, 3.05) is 18.0 Å². The van der Waals surface area contributed by atoms with E-state index in [9.17, 15) is 0 Å². The number of para-hydroxylation sites is 1. The summed E-state index contributed by atoms with van der Waals surface area (Å²) in [5.74, 6) is 1.05. The molecule has 21 heavy (non-hydrogen) atoms. The Hall–Kier alpha value is -1.87. The lowest BCUT2D eigenvalue weighted by molar-refractivity contribution is 0.690. The fourth-order valence-electron chi connectivity index (χ4n) is 2.62. The molecule has 0 aliphatic heterocycles. The Labute approximate surface area is 126 Å². The molecule has 0 unspecified atom stereocenters. The summed E-state index contributed by atoms with van der Waals surface area (Å²) in [6.07, 6.45) is 4.56. The van der Waals surface area contributed by atoms with Gasteiger partial charge < -0.3 is 10.2 Å². The van der Waals surface area contributed by atoms with Crippen LogP contribution in [-0.2, 0) is 6.54 Å². The van der Waals surface area contributed by atoms with Gasteiger partial charge in [0, 0.05) is 31.1 Å². The number of benzene rings is 1. The van der Waals surface area contributed by atoms with E-state index in [-0.39, 0.29) is 0 Å². The summed E-state index contributed by atoms with van der Waals surface area (Å²) in [6.45, 7) is 8.69. The van der Waals surface area contributed by atoms with Gasteiger partial charge in [-0.3, -0.25) is 0 Å². The zero-order chi connectivity index (χ0) is 14.7. The summed E-state index contributed by atoms with van der Waals surface area (Å²) >= 11 is 0. The van der Waals surface area contributed by atoms with Crippen LogP contribution < -0.4 is 10.2 Å². The van der Waals surface area contributed by atoms with Crippen LogP contribution in [0.3, 0.4) is 0 Å². The molecular weight excluding hydrogens is 258 g/mol. The standard InChI is InChI=1S/C18H23N3/c1-3-11-21(4-2)18-12-14(13-19-15-9-10-15)16-7-5-6-8-17(16)20-18/h3,5-8,12,15,19H,1,4,9-11,13H2,2H3. The van der Waals surface area contributed by atoms with E-state index in [0.29, 0.717) is 0 Å². The maximum atomic E-state index is 4.82. The molecule has 1 aromatic carbocycles. The number of pyridine rings is 1. The van der Waals surface area contributed by atoms with Crippen molar-refractivity contribution in [2.24, 2.45) is 0 Å². The molecule has 0 bridgehead atoms. The van der Waals surface area contributed by atoms with Crippen molar-refractivity contribution in [3.63, 3.8) is 0 Å². The quantitative estimate of drug-likeness (QED) is 0.787. The van der Waals surface area contributed by atoms with Gasteiger partial charge in [0.1, 0.15) is 5.82 Å². The first-order valence-electron chi connectivity index (χ1n) is 7.79. The molecule has 0 radical (unpaired) electrons. The van der Waals surface area contributed by atoms with Gasteiger partial charge in [-0.1, -0.05) is 24.3 Å². The van der Waals surface area contributed by atoms with Crippen LogP contribution in [0.25, 0.3) is 10.9 Å². The number of nitrogens with zero attached hydrogens (tertiary/aromatic N) is 2. The minimum Gasteiger partial charge on any atom is -0.353 e. The molecule has 1 fully saturated rings. The Morgan fingerprint density at radius 1 is 1.38 bits per heavy atom. The minimum absolute atomic E-state index is 0.718. The summed E-state index contributed by atoms with van der Waals surface area (Å²) in [5, 5.41) is 4.87. The molecule has 3 rings (SSSR count). The van der Waals surface area contributed by atoms with E-state index in [0.717, 1.165) is 37.0 Å². The number of nitrogens with one attached hydrogen (secondary N) is 1. The van der Waals surface area contributed by atoms with Crippen LogP contribution in [0.15, 0.2) is 43.0 Å². The van der Waals surface area contributed by atoms with Crippen molar-refractivity contribution < 1.29 is 0 Å². The van der Waals surface area contributed by atoms with Gasteiger partial charge in [-0.25, -0.2) is 4.98 Å². The van der Waals surface area contributed by atoms with E-state index in [1.54, 1.807) is 0 Å². The van der Waals surface area contributed by atoms with Gasteiger partial charge in [0.2, 0.25) is 0 Å². The van der Waals surface area contributed by atoms with Gasteiger partial charge in [-0.2, -0.15) is 0 Å². The molecule has 1 aromatic heterocycles. The number of fused-ring (bicyclic) bond motifs is 1. The maximum Gasteiger partial charge on any atom is 0.129 e. The molecule has 0 spiro atoms. The Kier molecular flexibility index (Phi) is 4.20. The van der Waals surface area contributed by atoms with Crippen molar-refractivity contribution in [1.82, 2.24) is 10.3 Å². The number of aromatic nitrogens is 1. The SMILES string of the molecule is C=CCN(CC)c1cc(CNC2CC2)c2ccccc2n1. The van der Waals surface area contributed by atoms with Crippen molar-refractivity contribution in [3.05, 3.63) is 48.6 Å². The Bertz CT molecular complexity index is 631. The number of anilines is 1. The van der Waals surface area contributed by atoms with Gasteiger partial charge in [0.15, 0.2) is 0 Å². The fraction of sp³-hybridized carbons (Fsp3) is 0.389. The largest absolute Gasteiger partial charge is 0.353 e. The zero-order valence-electron chi connectivity index (χ0n) is 12.7. The molecule has 0 saturated heterocycles. The van der Waals surface area contributed by atoms with Crippen LogP contribution in [0.4, 0.5) is 5.82 Å². The lowest BCUT2D eigenvalue weighted by Gasteiger charge is -2.22. The van der Waals surface area contributed by atoms with Crippen molar-refractivity contribution in [2.45, 2.75) is 32.4 Å². The van der Waals surface area contributed by atoms with Crippen LogP contribution in [-0.4, -0.2) is 24.1 Å². The van der Waals surface area contributed by atoms with E-state index in [1.165, 1.54) is 23.8 Å². The number of likely N-dealkylation sites (N-methyl/N-ethyl adjacent to an activating group) is 1. The normalized spacial score (nSPS) is 14.3. The summed E-state index contributed by atoms with van der Waals surface area (Å²) in [5.41, 5.74) is 2.41. The number of hydrogen-bond acceptors (Lipinski definition) is 3. The minimum atomic E-state index is 0.718. The van der Waals surface area contributed by atoms with E-state index in [2.05, 4.69) is 54.1 Å². The summed E-state index contributed by atoms with van der Waals surface area (Å²) < 4.78 is 0. The molecule has 3 nitrogen and oxygen atoms in total. The number of hydrogen-bond donors (Lipinski definition) is 1. The third-order valence-electron chi connectivity index (χ3n) is 4.00. The summed E-state index contributed by atoms with van der Waals surface area (Å²) in [7, 11) is 0. The molecular formula is C18H23N3. The third-order valence-corrected chi connectivity index (χ3v) is 4.00. The van der Waals surface area contributed by atoms with Crippen LogP contribution >= 0.6 is 0 Å². The first-order chi connectivity index (χ1) is 10.3. The molecule has 1 heterocycles. The van der Waals surface area contributed by atoms with Crippen LogP contribution in [0, 0.1) is 0 Å². The monoisotopic (exact) mass is 281 g/mol. The second-order valence-corrected chi connectivity index (χ2v) is 5.64. The highest BCUT2D eigenvalue weighted by atomic mass is 15.2. The average molecular weight is 281 g/mol. The van der Waals surface area contributed by atoms with Crippen LogP contribution in [0.5, 0.6) is 0 Å². The van der Waals surface area contributed by atoms with Gasteiger partial charge >= 0.3 is 0 Å². The van der Waals surface area contributed by atoms with Gasteiger partial charge in [0.25, 0.3) is 0 Å². The summed E-state index contributed by atoms with van der Waals surface area (Å²) in [6, 6.07) is 11.4.